The monoisotopic (exact) mass is 872 g/mol. The second-order valence-corrected chi connectivity index (χ2v) is 27.7. The van der Waals surface area contributed by atoms with Crippen LogP contribution in [0.3, 0.4) is 0 Å². The lowest BCUT2D eigenvalue weighted by Gasteiger charge is -2.62. The molecule has 0 aliphatic carbocycles. The van der Waals surface area contributed by atoms with Gasteiger partial charge in [0.25, 0.3) is 0 Å². The topological polar surface area (TPSA) is 27.7 Å². The van der Waals surface area contributed by atoms with Crippen molar-refractivity contribution in [2.24, 2.45) is 0 Å². The molecule has 5 aromatic rings. The van der Waals surface area contributed by atoms with Crippen molar-refractivity contribution >= 4 is 13.7 Å². The lowest BCUT2D eigenvalue weighted by atomic mass is 9.69. The van der Waals surface area contributed by atoms with Crippen molar-refractivity contribution in [3.05, 3.63) is 140 Å². The Kier molecular flexibility index (Phi) is 9.85. The Labute approximate surface area is 376 Å². The maximum absolute atomic E-state index is 14.7. The Balaban J connectivity index is 1.58. The average Bonchev–Trinajstić information content (AvgIpc) is 3.12. The van der Waals surface area contributed by atoms with Crippen LogP contribution in [0.25, 0.3) is 11.1 Å². The van der Waals surface area contributed by atoms with Gasteiger partial charge in [0.1, 0.15) is 17.2 Å². The molecule has 3 nitrogen and oxygen atoms in total. The molecule has 3 aliphatic heterocycles. The average molecular weight is 873 g/mol. The summed E-state index contributed by atoms with van der Waals surface area (Å²) in [5.74, 6) is -1.78. The minimum Gasteiger partial charge on any atom is -0.506 e. The summed E-state index contributed by atoms with van der Waals surface area (Å²) in [7, 11) is -4.03. The standard InChI is InChI=1S/C56H67F3O3Si/c1-50(2,3)33-25-37-45-38-26-34(51(4,5)6)28-40(54(13,14)15)48(38)62-63(61-47(37)39(27-33)53(10,11)12,36-21-19-31(20-22-36)32-23-43(57)46(59)44(58)24-32)56(45)42-30-35(52(7,8)9)29-41(49(42)60-56)55(16,17)18/h19-30,45H,1-18H3. The molecule has 2 bridgehead atoms. The molecule has 0 saturated carbocycles. The minimum atomic E-state index is -4.03. The summed E-state index contributed by atoms with van der Waals surface area (Å²) < 4.78 is 67.4. The first kappa shape index (κ1) is 45.1. The number of benzene rings is 5. The third kappa shape index (κ3) is 6.96. The lowest BCUT2D eigenvalue weighted by molar-refractivity contribution is 0.0184. The van der Waals surface area contributed by atoms with E-state index >= 15 is 0 Å². The highest BCUT2D eigenvalue weighted by Crippen LogP contribution is 2.69. The molecular formula is C56H67F3O3Si. The Morgan fingerprint density at radius 3 is 1.21 bits per heavy atom. The number of hydrogen-bond acceptors (Lipinski definition) is 3. The number of ether oxygens (including phenoxy) is 1. The normalized spacial score (nSPS) is 20.8. The third-order valence-corrected chi connectivity index (χ3v) is 17.3. The maximum atomic E-state index is 14.7. The van der Waals surface area contributed by atoms with E-state index in [4.69, 9.17) is 13.6 Å². The predicted molar refractivity (Wildman–Crippen MR) is 254 cm³/mol. The van der Waals surface area contributed by atoms with Crippen LogP contribution >= 0.6 is 0 Å². The molecule has 1 spiro atoms. The van der Waals surface area contributed by atoms with Crippen LogP contribution in [0, 0.1) is 17.5 Å². The molecule has 1 unspecified atom stereocenters. The zero-order chi connectivity index (χ0) is 46.6. The third-order valence-electron chi connectivity index (χ3n) is 13.6. The molecule has 334 valence electrons. The Hall–Kier alpha value is -4.49. The van der Waals surface area contributed by atoms with Gasteiger partial charge in [-0.25, -0.2) is 13.2 Å². The molecule has 0 fully saturated rings. The SMILES string of the molecule is CC(C)(C)c1cc2c(c(C(C)(C)C)c1)O[Si]1(c3ccc(-c4cc(F)c(F)c(F)c4)cc3)Oc3c(cc(C(C)(C)C)cc3C(C)(C)C)C2C12Oc1c(C(C)(C)C)cc(C(C)(C)C)cc12. The van der Waals surface area contributed by atoms with E-state index < -0.39 is 31.2 Å². The summed E-state index contributed by atoms with van der Waals surface area (Å²) in [5.41, 5.74) is 9.57. The number of halogens is 3. The van der Waals surface area contributed by atoms with E-state index in [-0.39, 0.29) is 44.0 Å². The smallest absolute Gasteiger partial charge is 0.506 e. The highest BCUT2D eigenvalue weighted by molar-refractivity contribution is 6.85. The minimum absolute atomic E-state index is 0.182. The molecule has 0 N–H and O–H groups in total. The predicted octanol–water partition coefficient (Wildman–Crippen LogP) is 14.6. The van der Waals surface area contributed by atoms with Gasteiger partial charge in [-0.1, -0.05) is 179 Å². The van der Waals surface area contributed by atoms with Crippen LogP contribution in [-0.2, 0) is 37.7 Å². The summed E-state index contributed by atoms with van der Waals surface area (Å²) in [6, 6.07) is 23.8. The van der Waals surface area contributed by atoms with E-state index in [0.29, 0.717) is 5.56 Å². The highest BCUT2D eigenvalue weighted by Gasteiger charge is 2.80. The molecule has 1 atom stereocenters. The van der Waals surface area contributed by atoms with Crippen LogP contribution in [0.1, 0.15) is 181 Å². The lowest BCUT2D eigenvalue weighted by Crippen LogP contribution is -2.82. The van der Waals surface area contributed by atoms with E-state index in [2.05, 4.69) is 161 Å². The first-order valence-corrected chi connectivity index (χ1v) is 24.4. The fourth-order valence-electron chi connectivity index (χ4n) is 9.76. The molecule has 3 heterocycles. The number of rotatable bonds is 2. The fraction of sp³-hybridized carbons (Fsp3) is 0.464. The Morgan fingerprint density at radius 1 is 0.444 bits per heavy atom. The second-order valence-electron chi connectivity index (χ2n) is 24.7. The van der Waals surface area contributed by atoms with E-state index in [1.54, 1.807) is 0 Å². The number of fused-ring (bicyclic) bond motifs is 5. The van der Waals surface area contributed by atoms with E-state index in [1.807, 2.05) is 24.3 Å². The molecular weight excluding hydrogens is 806 g/mol. The van der Waals surface area contributed by atoms with Crippen LogP contribution in [0.4, 0.5) is 13.2 Å². The largest absolute Gasteiger partial charge is 0.547 e. The summed E-state index contributed by atoms with van der Waals surface area (Å²) in [6.45, 7) is 40.6. The quantitative estimate of drug-likeness (QED) is 0.131. The van der Waals surface area contributed by atoms with Gasteiger partial charge in [0.15, 0.2) is 17.5 Å². The summed E-state index contributed by atoms with van der Waals surface area (Å²) in [5, 5.41) is -0.296. The highest BCUT2D eigenvalue weighted by atomic mass is 28.4. The Morgan fingerprint density at radius 2 is 0.825 bits per heavy atom. The van der Waals surface area contributed by atoms with Crippen LogP contribution in [-0.4, -0.2) is 8.56 Å². The van der Waals surface area contributed by atoms with Crippen molar-refractivity contribution in [3.8, 4) is 28.4 Å². The van der Waals surface area contributed by atoms with Crippen LogP contribution in [0.2, 0.25) is 0 Å². The van der Waals surface area contributed by atoms with Crippen molar-refractivity contribution < 1.29 is 26.8 Å². The summed E-state index contributed by atoms with van der Waals surface area (Å²) in [6.07, 6.45) is 0. The molecule has 3 aliphatic rings. The van der Waals surface area contributed by atoms with E-state index in [9.17, 15) is 13.2 Å². The molecule has 7 heteroatoms. The fourth-order valence-corrected chi connectivity index (χ4v) is 13.9. The Bertz CT molecular complexity index is 2580. The van der Waals surface area contributed by atoms with Gasteiger partial charge in [-0.2, -0.15) is 0 Å². The second kappa shape index (κ2) is 13.8. The van der Waals surface area contributed by atoms with E-state index in [0.717, 1.165) is 67.9 Å². The van der Waals surface area contributed by atoms with Crippen LogP contribution in [0.15, 0.2) is 72.8 Å². The van der Waals surface area contributed by atoms with E-state index in [1.165, 1.54) is 16.7 Å². The van der Waals surface area contributed by atoms with Gasteiger partial charge in [-0.15, -0.1) is 0 Å². The van der Waals surface area contributed by atoms with Gasteiger partial charge in [-0.05, 0) is 89.6 Å². The maximum Gasteiger partial charge on any atom is 0.547 e. The summed E-state index contributed by atoms with van der Waals surface area (Å²) >= 11 is 0. The van der Waals surface area contributed by atoms with Crippen molar-refractivity contribution in [2.45, 2.75) is 168 Å². The molecule has 8 rings (SSSR count). The molecule has 0 amide bonds. The molecule has 0 saturated heterocycles. The van der Waals surface area contributed by atoms with Crippen LogP contribution < -0.4 is 18.8 Å². The van der Waals surface area contributed by atoms with Gasteiger partial charge >= 0.3 is 8.56 Å². The van der Waals surface area contributed by atoms with Gasteiger partial charge in [0.05, 0.1) is 5.92 Å². The van der Waals surface area contributed by atoms with Gasteiger partial charge in [0.2, 0.25) is 5.22 Å². The first-order valence-electron chi connectivity index (χ1n) is 22.6. The van der Waals surface area contributed by atoms with Crippen molar-refractivity contribution in [3.63, 3.8) is 0 Å². The first-order chi connectivity index (χ1) is 28.7. The zero-order valence-corrected chi connectivity index (χ0v) is 41.9. The van der Waals surface area contributed by atoms with Crippen molar-refractivity contribution in [1.82, 2.24) is 0 Å². The summed E-state index contributed by atoms with van der Waals surface area (Å²) in [4.78, 5) is 0. The van der Waals surface area contributed by atoms with Gasteiger partial charge in [-0.3, -0.25) is 0 Å². The van der Waals surface area contributed by atoms with Crippen molar-refractivity contribution in [2.75, 3.05) is 0 Å². The zero-order valence-electron chi connectivity index (χ0n) is 40.9. The van der Waals surface area contributed by atoms with Crippen molar-refractivity contribution in [1.29, 1.82) is 0 Å². The molecule has 0 aromatic heterocycles. The molecule has 63 heavy (non-hydrogen) atoms. The number of hydrogen-bond donors (Lipinski definition) is 0. The molecule has 0 radical (unpaired) electrons. The van der Waals surface area contributed by atoms with Gasteiger partial charge in [0, 0.05) is 27.4 Å². The van der Waals surface area contributed by atoms with Gasteiger partial charge < -0.3 is 13.6 Å². The van der Waals surface area contributed by atoms with Crippen LogP contribution in [0.5, 0.6) is 17.2 Å². The molecule has 5 aromatic carbocycles.